The van der Waals surface area contributed by atoms with Gasteiger partial charge in [-0.1, -0.05) is 13.8 Å². The Morgan fingerprint density at radius 1 is 1.23 bits per heavy atom. The van der Waals surface area contributed by atoms with E-state index in [4.69, 9.17) is 5.73 Å². The van der Waals surface area contributed by atoms with Crippen LogP contribution in [0, 0.1) is 5.41 Å². The van der Waals surface area contributed by atoms with Crippen LogP contribution >= 0.6 is 0 Å². The van der Waals surface area contributed by atoms with Crippen LogP contribution in [0.1, 0.15) is 26.7 Å². The van der Waals surface area contributed by atoms with Gasteiger partial charge in [0.25, 0.3) is 0 Å². The van der Waals surface area contributed by atoms with Crippen molar-refractivity contribution in [2.75, 3.05) is 0 Å². The SMILES string of the molecule is CC(C)(C1(N)CC1)C(F)(F)C(F)F. The summed E-state index contributed by atoms with van der Waals surface area (Å²) in [5, 5.41) is 0. The fraction of sp³-hybridized carbons (Fsp3) is 1.00. The number of halogens is 4. The third-order valence-electron chi connectivity index (χ3n) is 3.14. The number of rotatable bonds is 3. The molecule has 0 bridgehead atoms. The second kappa shape index (κ2) is 2.59. The Labute approximate surface area is 74.3 Å². The predicted molar refractivity (Wildman–Crippen MR) is 40.9 cm³/mol. The van der Waals surface area contributed by atoms with Crippen LogP contribution in [0.25, 0.3) is 0 Å². The van der Waals surface area contributed by atoms with Gasteiger partial charge < -0.3 is 5.73 Å². The standard InChI is InChI=1S/C8H13F4N/c1-6(2,7(13)3-4-7)8(11,12)5(9)10/h5H,3-4,13H2,1-2H3. The van der Waals surface area contributed by atoms with Crippen molar-refractivity contribution in [2.45, 2.75) is 44.6 Å². The number of alkyl halides is 4. The molecule has 0 aromatic carbocycles. The van der Waals surface area contributed by atoms with Gasteiger partial charge in [-0.05, 0) is 12.8 Å². The summed E-state index contributed by atoms with van der Waals surface area (Å²) in [6.45, 7) is 2.21. The fourth-order valence-electron chi connectivity index (χ4n) is 1.36. The lowest BCUT2D eigenvalue weighted by Gasteiger charge is -2.38. The summed E-state index contributed by atoms with van der Waals surface area (Å²) >= 11 is 0. The van der Waals surface area contributed by atoms with Crippen LogP contribution in [-0.4, -0.2) is 17.9 Å². The van der Waals surface area contributed by atoms with E-state index in [0.29, 0.717) is 12.8 Å². The molecule has 1 rings (SSSR count). The number of nitrogens with two attached hydrogens (primary N) is 1. The summed E-state index contributed by atoms with van der Waals surface area (Å²) in [7, 11) is 0. The third kappa shape index (κ3) is 1.33. The summed E-state index contributed by atoms with van der Waals surface area (Å²) in [4.78, 5) is 0. The lowest BCUT2D eigenvalue weighted by atomic mass is 9.76. The van der Waals surface area contributed by atoms with Gasteiger partial charge >= 0.3 is 12.3 Å². The van der Waals surface area contributed by atoms with Crippen LogP contribution in [0.4, 0.5) is 17.6 Å². The first-order valence-corrected chi connectivity index (χ1v) is 4.10. The minimum Gasteiger partial charge on any atom is -0.324 e. The molecule has 13 heavy (non-hydrogen) atoms. The number of hydrogen-bond donors (Lipinski definition) is 1. The Hall–Kier alpha value is -0.320. The van der Waals surface area contributed by atoms with E-state index in [1.807, 2.05) is 0 Å². The van der Waals surface area contributed by atoms with E-state index >= 15 is 0 Å². The van der Waals surface area contributed by atoms with Crippen molar-refractivity contribution >= 4 is 0 Å². The zero-order valence-electron chi connectivity index (χ0n) is 7.58. The maximum absolute atomic E-state index is 13.0. The van der Waals surface area contributed by atoms with Crippen molar-refractivity contribution in [3.05, 3.63) is 0 Å². The van der Waals surface area contributed by atoms with E-state index in [-0.39, 0.29) is 0 Å². The predicted octanol–water partition coefficient (Wildman–Crippen LogP) is 2.40. The molecule has 0 spiro atoms. The molecule has 0 unspecified atom stereocenters. The zero-order chi connectivity index (χ0) is 10.5. The Balaban J connectivity index is 2.91. The smallest absolute Gasteiger partial charge is 0.314 e. The summed E-state index contributed by atoms with van der Waals surface area (Å²) in [5.74, 6) is -4.02. The highest BCUT2D eigenvalue weighted by Crippen LogP contribution is 2.56. The average Bonchev–Trinajstić information content (AvgIpc) is 2.68. The maximum atomic E-state index is 13.0. The van der Waals surface area contributed by atoms with Gasteiger partial charge in [0.05, 0.1) is 5.41 Å². The summed E-state index contributed by atoms with van der Waals surface area (Å²) in [6, 6.07) is 0. The molecular formula is C8H13F4N. The van der Waals surface area contributed by atoms with Crippen molar-refractivity contribution in [1.82, 2.24) is 0 Å². The Morgan fingerprint density at radius 3 is 1.85 bits per heavy atom. The lowest BCUT2D eigenvalue weighted by Crippen LogP contribution is -2.55. The normalized spacial score (nSPS) is 22.2. The van der Waals surface area contributed by atoms with E-state index in [9.17, 15) is 17.6 Å². The molecule has 1 aliphatic rings. The Bertz CT molecular complexity index is 208. The molecule has 1 nitrogen and oxygen atoms in total. The first-order valence-electron chi connectivity index (χ1n) is 4.10. The molecule has 0 aromatic rings. The molecule has 0 radical (unpaired) electrons. The van der Waals surface area contributed by atoms with E-state index < -0.39 is 23.3 Å². The largest absolute Gasteiger partial charge is 0.324 e. The van der Waals surface area contributed by atoms with Gasteiger partial charge in [0, 0.05) is 5.54 Å². The van der Waals surface area contributed by atoms with Crippen LogP contribution in [0.5, 0.6) is 0 Å². The van der Waals surface area contributed by atoms with Gasteiger partial charge in [-0.25, -0.2) is 8.78 Å². The van der Waals surface area contributed by atoms with Gasteiger partial charge in [-0.2, -0.15) is 8.78 Å². The summed E-state index contributed by atoms with van der Waals surface area (Å²) in [5.41, 5.74) is 2.58. The molecule has 1 fully saturated rings. The van der Waals surface area contributed by atoms with Crippen LogP contribution in [-0.2, 0) is 0 Å². The van der Waals surface area contributed by atoms with Gasteiger partial charge in [0.15, 0.2) is 0 Å². The first-order chi connectivity index (χ1) is 5.65. The number of hydrogen-bond acceptors (Lipinski definition) is 1. The highest BCUT2D eigenvalue weighted by molar-refractivity contribution is 5.14. The second-order valence-corrected chi connectivity index (χ2v) is 4.20. The van der Waals surface area contributed by atoms with Gasteiger partial charge in [0.2, 0.25) is 0 Å². The van der Waals surface area contributed by atoms with Crippen molar-refractivity contribution < 1.29 is 17.6 Å². The minimum atomic E-state index is -4.02. The van der Waals surface area contributed by atoms with Crippen LogP contribution in [0.3, 0.4) is 0 Å². The molecule has 0 heterocycles. The van der Waals surface area contributed by atoms with Crippen LogP contribution < -0.4 is 5.73 Å². The molecular weight excluding hydrogens is 186 g/mol. The average molecular weight is 199 g/mol. The molecule has 1 aliphatic carbocycles. The molecule has 0 amide bonds. The topological polar surface area (TPSA) is 26.0 Å². The molecule has 2 N–H and O–H groups in total. The van der Waals surface area contributed by atoms with E-state index in [1.54, 1.807) is 0 Å². The van der Waals surface area contributed by atoms with Crippen molar-refractivity contribution in [2.24, 2.45) is 11.1 Å². The fourth-order valence-corrected chi connectivity index (χ4v) is 1.36. The highest BCUT2D eigenvalue weighted by Gasteiger charge is 2.66. The van der Waals surface area contributed by atoms with Gasteiger partial charge in [-0.15, -0.1) is 0 Å². The molecule has 0 saturated heterocycles. The monoisotopic (exact) mass is 199 g/mol. The Morgan fingerprint density at radius 2 is 1.62 bits per heavy atom. The van der Waals surface area contributed by atoms with Crippen molar-refractivity contribution in [3.63, 3.8) is 0 Å². The van der Waals surface area contributed by atoms with Crippen molar-refractivity contribution in [3.8, 4) is 0 Å². The van der Waals surface area contributed by atoms with Crippen LogP contribution in [0.2, 0.25) is 0 Å². The quantitative estimate of drug-likeness (QED) is 0.694. The van der Waals surface area contributed by atoms with Gasteiger partial charge in [-0.3, -0.25) is 0 Å². The third-order valence-corrected chi connectivity index (χ3v) is 3.14. The maximum Gasteiger partial charge on any atom is 0.314 e. The molecule has 0 aliphatic heterocycles. The highest BCUT2D eigenvalue weighted by atomic mass is 19.3. The zero-order valence-corrected chi connectivity index (χ0v) is 7.58. The molecule has 1 saturated carbocycles. The second-order valence-electron chi connectivity index (χ2n) is 4.20. The van der Waals surface area contributed by atoms with E-state index in [1.165, 1.54) is 0 Å². The van der Waals surface area contributed by atoms with E-state index in [2.05, 4.69) is 0 Å². The van der Waals surface area contributed by atoms with E-state index in [0.717, 1.165) is 13.8 Å². The summed E-state index contributed by atoms with van der Waals surface area (Å²) < 4.78 is 50.2. The summed E-state index contributed by atoms with van der Waals surface area (Å²) in [6.07, 6.45) is -2.87. The lowest BCUT2D eigenvalue weighted by molar-refractivity contribution is -0.206. The van der Waals surface area contributed by atoms with Crippen molar-refractivity contribution in [1.29, 1.82) is 0 Å². The van der Waals surface area contributed by atoms with Gasteiger partial charge in [0.1, 0.15) is 0 Å². The first kappa shape index (κ1) is 10.8. The molecule has 78 valence electrons. The molecule has 0 aromatic heterocycles. The van der Waals surface area contributed by atoms with Crippen LogP contribution in [0.15, 0.2) is 0 Å². The molecule has 0 atom stereocenters. The Kier molecular flexibility index (Phi) is 2.14. The minimum absolute atomic E-state index is 0.391. The molecule has 5 heteroatoms.